The molecule has 0 aliphatic heterocycles. The molecule has 0 radical (unpaired) electrons. The highest BCUT2D eigenvalue weighted by Gasteiger charge is 2.26. The van der Waals surface area contributed by atoms with Crippen molar-refractivity contribution in [1.29, 1.82) is 0 Å². The summed E-state index contributed by atoms with van der Waals surface area (Å²) in [5.74, 6) is -0.549. The van der Waals surface area contributed by atoms with Crippen molar-refractivity contribution >= 4 is 21.8 Å². The molecule has 0 atom stereocenters. The van der Waals surface area contributed by atoms with Crippen LogP contribution in [0, 0.1) is 0 Å². The number of carbonyl (C=O) groups excluding carboxylic acids is 1. The van der Waals surface area contributed by atoms with Crippen LogP contribution in [0.1, 0.15) is 16.8 Å². The van der Waals surface area contributed by atoms with Crippen LogP contribution in [0.25, 0.3) is 0 Å². The Kier molecular flexibility index (Phi) is 4.28. The molecule has 0 bridgehead atoms. The summed E-state index contributed by atoms with van der Waals surface area (Å²) in [6.45, 7) is -0.428. The Hall–Kier alpha value is -1.11. The van der Waals surface area contributed by atoms with Crippen LogP contribution in [0.5, 0.6) is 0 Å². The molecule has 0 saturated carbocycles. The summed E-state index contributed by atoms with van der Waals surface area (Å²) in [7, 11) is 0. The second-order valence-electron chi connectivity index (χ2n) is 2.99. The lowest BCUT2D eigenvalue weighted by atomic mass is 10.2. The van der Waals surface area contributed by atoms with Gasteiger partial charge < -0.3 is 5.32 Å². The Morgan fingerprint density at radius 3 is 2.75 bits per heavy atom. The zero-order chi connectivity index (χ0) is 12.2. The monoisotopic (exact) mass is 296 g/mol. The molecule has 0 spiro atoms. The predicted molar refractivity (Wildman–Crippen MR) is 54.9 cm³/mol. The maximum atomic E-state index is 11.8. The zero-order valence-corrected chi connectivity index (χ0v) is 9.60. The molecule has 1 N–H and O–H groups in total. The highest BCUT2D eigenvalue weighted by Crippen LogP contribution is 2.18. The molecule has 0 aliphatic rings. The van der Waals surface area contributed by atoms with Crippen molar-refractivity contribution in [3.05, 3.63) is 28.5 Å². The Labute approximate surface area is 98.2 Å². The molecule has 1 heterocycles. The Morgan fingerprint density at radius 1 is 1.50 bits per heavy atom. The fourth-order valence-electron chi connectivity index (χ4n) is 0.964. The number of rotatable bonds is 3. The van der Waals surface area contributed by atoms with E-state index in [1.54, 1.807) is 0 Å². The molecular weight excluding hydrogens is 289 g/mol. The highest BCUT2D eigenvalue weighted by atomic mass is 79.9. The summed E-state index contributed by atoms with van der Waals surface area (Å²) in [6, 6.07) is 2.86. The van der Waals surface area contributed by atoms with E-state index in [-0.39, 0.29) is 5.56 Å². The quantitative estimate of drug-likeness (QED) is 0.871. The lowest BCUT2D eigenvalue weighted by molar-refractivity contribution is -0.132. The van der Waals surface area contributed by atoms with Crippen molar-refractivity contribution in [1.82, 2.24) is 10.3 Å². The van der Waals surface area contributed by atoms with Gasteiger partial charge in [0.25, 0.3) is 5.91 Å². The number of hydrogen-bond donors (Lipinski definition) is 1. The maximum absolute atomic E-state index is 11.8. The van der Waals surface area contributed by atoms with Gasteiger partial charge in [0, 0.05) is 18.3 Å². The Bertz CT molecular complexity index is 381. The fourth-order valence-corrected chi connectivity index (χ4v) is 1.33. The lowest BCUT2D eigenvalue weighted by Gasteiger charge is -2.07. The van der Waals surface area contributed by atoms with Crippen LogP contribution in [-0.2, 0) is 0 Å². The molecule has 88 valence electrons. The van der Waals surface area contributed by atoms with Gasteiger partial charge in [-0.1, -0.05) is 0 Å². The highest BCUT2D eigenvalue weighted by molar-refractivity contribution is 9.10. The first-order valence-corrected chi connectivity index (χ1v) is 5.14. The van der Waals surface area contributed by atoms with E-state index in [0.717, 1.165) is 0 Å². The van der Waals surface area contributed by atoms with E-state index < -0.39 is 25.0 Å². The van der Waals surface area contributed by atoms with E-state index in [0.29, 0.717) is 4.60 Å². The van der Waals surface area contributed by atoms with E-state index in [9.17, 15) is 18.0 Å². The summed E-state index contributed by atoms with van der Waals surface area (Å²) in [4.78, 5) is 15.2. The van der Waals surface area contributed by atoms with Crippen LogP contribution in [0.2, 0.25) is 0 Å². The normalized spacial score (nSPS) is 11.2. The van der Waals surface area contributed by atoms with Crippen LogP contribution < -0.4 is 5.32 Å². The summed E-state index contributed by atoms with van der Waals surface area (Å²) in [6.07, 6.45) is -3.90. The number of amides is 1. The van der Waals surface area contributed by atoms with Gasteiger partial charge in [0.05, 0.1) is 6.42 Å². The number of pyridine rings is 1. The molecule has 7 heteroatoms. The summed E-state index contributed by atoms with van der Waals surface area (Å²) >= 11 is 3.06. The van der Waals surface area contributed by atoms with Crippen molar-refractivity contribution in [2.45, 2.75) is 12.6 Å². The molecule has 0 saturated heterocycles. The van der Waals surface area contributed by atoms with Crippen molar-refractivity contribution in [2.24, 2.45) is 0 Å². The molecule has 16 heavy (non-hydrogen) atoms. The van der Waals surface area contributed by atoms with Gasteiger partial charge >= 0.3 is 6.18 Å². The van der Waals surface area contributed by atoms with Gasteiger partial charge in [0.15, 0.2) is 0 Å². The minimum Gasteiger partial charge on any atom is -0.352 e. The number of halogens is 4. The number of carbonyl (C=O) groups is 1. The standard InChI is InChI=1S/C9H8BrF3N2O/c10-7-5-6(1-3-14-7)8(16)15-4-2-9(11,12)13/h1,3,5H,2,4H2,(H,15,16). The molecular formula is C9H8BrF3N2O. The van der Waals surface area contributed by atoms with E-state index in [4.69, 9.17) is 0 Å². The van der Waals surface area contributed by atoms with Crippen LogP contribution in [0.4, 0.5) is 13.2 Å². The molecule has 0 fully saturated rings. The van der Waals surface area contributed by atoms with E-state index in [2.05, 4.69) is 26.2 Å². The van der Waals surface area contributed by atoms with Crippen LogP contribution in [-0.4, -0.2) is 23.6 Å². The summed E-state index contributed by atoms with van der Waals surface area (Å²) in [5, 5.41) is 2.18. The minimum absolute atomic E-state index is 0.268. The van der Waals surface area contributed by atoms with Crippen molar-refractivity contribution < 1.29 is 18.0 Å². The third-order valence-corrected chi connectivity index (χ3v) is 2.12. The van der Waals surface area contributed by atoms with Gasteiger partial charge in [-0.2, -0.15) is 13.2 Å². The van der Waals surface area contributed by atoms with Gasteiger partial charge in [-0.3, -0.25) is 4.79 Å². The molecule has 0 aliphatic carbocycles. The third-order valence-electron chi connectivity index (χ3n) is 1.68. The SMILES string of the molecule is O=C(NCCC(F)(F)F)c1ccnc(Br)c1. The second kappa shape index (κ2) is 5.29. The molecule has 0 aromatic carbocycles. The number of nitrogens with zero attached hydrogens (tertiary/aromatic N) is 1. The largest absolute Gasteiger partial charge is 0.390 e. The molecule has 1 amide bonds. The van der Waals surface area contributed by atoms with Gasteiger partial charge in [0.2, 0.25) is 0 Å². The number of aromatic nitrogens is 1. The number of hydrogen-bond acceptors (Lipinski definition) is 2. The molecule has 1 rings (SSSR count). The van der Waals surface area contributed by atoms with Gasteiger partial charge in [-0.25, -0.2) is 4.98 Å². The number of nitrogens with one attached hydrogen (secondary N) is 1. The summed E-state index contributed by atoms with van der Waals surface area (Å²) < 4.78 is 35.9. The zero-order valence-electron chi connectivity index (χ0n) is 8.01. The van der Waals surface area contributed by atoms with Crippen LogP contribution >= 0.6 is 15.9 Å². The van der Waals surface area contributed by atoms with E-state index in [1.807, 2.05) is 0 Å². The van der Waals surface area contributed by atoms with Crippen molar-refractivity contribution in [3.8, 4) is 0 Å². The number of alkyl halides is 3. The topological polar surface area (TPSA) is 42.0 Å². The minimum atomic E-state index is -4.26. The smallest absolute Gasteiger partial charge is 0.352 e. The fraction of sp³-hybridized carbons (Fsp3) is 0.333. The first-order chi connectivity index (χ1) is 7.38. The van der Waals surface area contributed by atoms with E-state index in [1.165, 1.54) is 18.3 Å². The molecule has 0 unspecified atom stereocenters. The second-order valence-corrected chi connectivity index (χ2v) is 3.80. The summed E-state index contributed by atoms with van der Waals surface area (Å²) in [5.41, 5.74) is 0.268. The Balaban J connectivity index is 2.47. The molecule has 1 aromatic heterocycles. The van der Waals surface area contributed by atoms with Crippen molar-refractivity contribution in [3.63, 3.8) is 0 Å². The van der Waals surface area contributed by atoms with Gasteiger partial charge in [-0.05, 0) is 28.1 Å². The Morgan fingerprint density at radius 2 is 2.19 bits per heavy atom. The average Bonchev–Trinajstić information content (AvgIpc) is 2.15. The van der Waals surface area contributed by atoms with Crippen LogP contribution in [0.3, 0.4) is 0 Å². The average molecular weight is 297 g/mol. The molecule has 1 aromatic rings. The van der Waals surface area contributed by atoms with Gasteiger partial charge in [0.1, 0.15) is 4.60 Å². The first kappa shape index (κ1) is 13.0. The van der Waals surface area contributed by atoms with E-state index >= 15 is 0 Å². The maximum Gasteiger partial charge on any atom is 0.390 e. The third kappa shape index (κ3) is 4.61. The van der Waals surface area contributed by atoms with Crippen LogP contribution in [0.15, 0.2) is 22.9 Å². The lowest BCUT2D eigenvalue weighted by Crippen LogP contribution is -2.27. The predicted octanol–water partition coefficient (Wildman–Crippen LogP) is 2.53. The van der Waals surface area contributed by atoms with Crippen molar-refractivity contribution in [2.75, 3.05) is 6.54 Å². The van der Waals surface area contributed by atoms with Gasteiger partial charge in [-0.15, -0.1) is 0 Å². The molecule has 3 nitrogen and oxygen atoms in total. The first-order valence-electron chi connectivity index (χ1n) is 4.35.